The van der Waals surface area contributed by atoms with Gasteiger partial charge in [0.1, 0.15) is 0 Å². The molecule has 0 aromatic heterocycles. The van der Waals surface area contributed by atoms with Crippen LogP contribution < -0.4 is 5.32 Å². The maximum atomic E-state index is 3.65. The molecule has 2 fully saturated rings. The molecule has 0 spiro atoms. The standard InChI is InChI=1S/C15H31N3/c1-12(2)13(3)16-8-10-18-9-7-14-5-6-15(11-18)17(14)4/h12-16H,5-11H2,1-4H3. The Morgan fingerprint density at radius 2 is 1.83 bits per heavy atom. The van der Waals surface area contributed by atoms with Crippen LogP contribution in [0.15, 0.2) is 0 Å². The second-order valence-electron chi connectivity index (χ2n) is 6.63. The molecule has 18 heavy (non-hydrogen) atoms. The van der Waals surface area contributed by atoms with E-state index in [1.54, 1.807) is 0 Å². The molecule has 0 aromatic rings. The molecule has 2 rings (SSSR count). The first-order valence-corrected chi connectivity index (χ1v) is 7.75. The maximum Gasteiger partial charge on any atom is 0.0223 e. The minimum Gasteiger partial charge on any atom is -0.313 e. The lowest BCUT2D eigenvalue weighted by atomic mass is 10.1. The topological polar surface area (TPSA) is 18.5 Å². The summed E-state index contributed by atoms with van der Waals surface area (Å²) in [4.78, 5) is 5.30. The molecule has 0 saturated carbocycles. The van der Waals surface area contributed by atoms with Crippen LogP contribution in [0.25, 0.3) is 0 Å². The summed E-state index contributed by atoms with van der Waals surface area (Å²) in [6.07, 6.45) is 4.21. The first kappa shape index (κ1) is 14.3. The maximum absolute atomic E-state index is 3.65. The molecule has 2 saturated heterocycles. The highest BCUT2D eigenvalue weighted by Gasteiger charge is 2.34. The van der Waals surface area contributed by atoms with E-state index in [0.717, 1.165) is 24.5 Å². The molecular weight excluding hydrogens is 222 g/mol. The van der Waals surface area contributed by atoms with Crippen LogP contribution in [-0.2, 0) is 0 Å². The Bertz CT molecular complexity index is 254. The van der Waals surface area contributed by atoms with Crippen molar-refractivity contribution in [3.8, 4) is 0 Å². The van der Waals surface area contributed by atoms with Crippen LogP contribution in [0.2, 0.25) is 0 Å². The third-order valence-electron chi connectivity index (χ3n) is 5.13. The summed E-state index contributed by atoms with van der Waals surface area (Å²) in [5.74, 6) is 0.733. The summed E-state index contributed by atoms with van der Waals surface area (Å²) < 4.78 is 0. The van der Waals surface area contributed by atoms with Crippen LogP contribution in [0.1, 0.15) is 40.0 Å². The van der Waals surface area contributed by atoms with Crippen LogP contribution in [-0.4, -0.2) is 61.2 Å². The summed E-state index contributed by atoms with van der Waals surface area (Å²) in [5, 5.41) is 3.65. The van der Waals surface area contributed by atoms with E-state index in [4.69, 9.17) is 0 Å². The Morgan fingerprint density at radius 3 is 2.56 bits per heavy atom. The largest absolute Gasteiger partial charge is 0.313 e. The number of rotatable bonds is 5. The highest BCUT2D eigenvalue weighted by Crippen LogP contribution is 2.28. The monoisotopic (exact) mass is 253 g/mol. The van der Waals surface area contributed by atoms with E-state index in [2.05, 4.69) is 42.9 Å². The van der Waals surface area contributed by atoms with Gasteiger partial charge in [-0.2, -0.15) is 0 Å². The molecule has 3 nitrogen and oxygen atoms in total. The third kappa shape index (κ3) is 3.46. The summed E-state index contributed by atoms with van der Waals surface area (Å²) >= 11 is 0. The van der Waals surface area contributed by atoms with Crippen molar-refractivity contribution in [2.24, 2.45) is 5.92 Å². The van der Waals surface area contributed by atoms with E-state index in [1.165, 1.54) is 38.9 Å². The van der Waals surface area contributed by atoms with Gasteiger partial charge in [-0.25, -0.2) is 0 Å². The van der Waals surface area contributed by atoms with Gasteiger partial charge in [0.15, 0.2) is 0 Å². The molecule has 2 aliphatic rings. The quantitative estimate of drug-likeness (QED) is 0.806. The van der Waals surface area contributed by atoms with Gasteiger partial charge in [0, 0.05) is 37.8 Å². The van der Waals surface area contributed by atoms with E-state index in [-0.39, 0.29) is 0 Å². The average molecular weight is 253 g/mol. The van der Waals surface area contributed by atoms with Crippen molar-refractivity contribution in [2.45, 2.75) is 58.2 Å². The molecule has 2 bridgehead atoms. The van der Waals surface area contributed by atoms with Crippen LogP contribution in [0.5, 0.6) is 0 Å². The Morgan fingerprint density at radius 1 is 1.11 bits per heavy atom. The van der Waals surface area contributed by atoms with Crippen LogP contribution >= 0.6 is 0 Å². The molecule has 2 aliphatic heterocycles. The van der Waals surface area contributed by atoms with Gasteiger partial charge in [0.25, 0.3) is 0 Å². The van der Waals surface area contributed by atoms with Crippen molar-refractivity contribution in [3.63, 3.8) is 0 Å². The predicted molar refractivity (Wildman–Crippen MR) is 77.9 cm³/mol. The fourth-order valence-corrected chi connectivity index (χ4v) is 3.27. The highest BCUT2D eigenvalue weighted by molar-refractivity contribution is 4.91. The van der Waals surface area contributed by atoms with Gasteiger partial charge in [-0.05, 0) is 45.7 Å². The van der Waals surface area contributed by atoms with E-state index < -0.39 is 0 Å². The van der Waals surface area contributed by atoms with Crippen molar-refractivity contribution in [3.05, 3.63) is 0 Å². The zero-order valence-corrected chi connectivity index (χ0v) is 12.7. The molecular formula is C15H31N3. The van der Waals surface area contributed by atoms with Gasteiger partial charge in [0.05, 0.1) is 0 Å². The van der Waals surface area contributed by atoms with E-state index in [9.17, 15) is 0 Å². The average Bonchev–Trinajstić information content (AvgIpc) is 2.56. The minimum absolute atomic E-state index is 0.635. The lowest BCUT2D eigenvalue weighted by Gasteiger charge is -2.26. The van der Waals surface area contributed by atoms with Crippen molar-refractivity contribution in [2.75, 3.05) is 33.2 Å². The van der Waals surface area contributed by atoms with Gasteiger partial charge < -0.3 is 10.2 Å². The van der Waals surface area contributed by atoms with Crippen LogP contribution in [0, 0.1) is 5.92 Å². The molecule has 1 N–H and O–H groups in total. The number of likely N-dealkylation sites (tertiary alicyclic amines) is 1. The zero-order valence-electron chi connectivity index (χ0n) is 12.7. The molecule has 0 aliphatic carbocycles. The fraction of sp³-hybridized carbons (Fsp3) is 1.00. The van der Waals surface area contributed by atoms with Crippen molar-refractivity contribution < 1.29 is 0 Å². The summed E-state index contributed by atoms with van der Waals surface area (Å²) in [6, 6.07) is 2.32. The number of likely N-dealkylation sites (N-methyl/N-ethyl adjacent to an activating group) is 1. The Labute approximate surface area is 113 Å². The normalized spacial score (nSPS) is 31.8. The molecule has 3 heteroatoms. The van der Waals surface area contributed by atoms with E-state index in [1.807, 2.05) is 0 Å². The van der Waals surface area contributed by atoms with Crippen LogP contribution in [0.3, 0.4) is 0 Å². The predicted octanol–water partition coefficient (Wildman–Crippen LogP) is 1.79. The number of nitrogens with one attached hydrogen (secondary N) is 1. The van der Waals surface area contributed by atoms with Crippen molar-refractivity contribution >= 4 is 0 Å². The molecule has 3 atom stereocenters. The van der Waals surface area contributed by atoms with E-state index >= 15 is 0 Å². The number of fused-ring (bicyclic) bond motifs is 2. The number of hydrogen-bond donors (Lipinski definition) is 1. The molecule has 3 unspecified atom stereocenters. The van der Waals surface area contributed by atoms with Gasteiger partial charge in [-0.1, -0.05) is 13.8 Å². The summed E-state index contributed by atoms with van der Waals surface area (Å²) in [6.45, 7) is 11.8. The van der Waals surface area contributed by atoms with Gasteiger partial charge in [0.2, 0.25) is 0 Å². The summed E-state index contributed by atoms with van der Waals surface area (Å²) in [5.41, 5.74) is 0. The minimum atomic E-state index is 0.635. The first-order chi connectivity index (χ1) is 8.58. The fourth-order valence-electron chi connectivity index (χ4n) is 3.27. The molecule has 0 radical (unpaired) electrons. The summed E-state index contributed by atoms with van der Waals surface area (Å²) in [7, 11) is 2.32. The Balaban J connectivity index is 1.71. The Kier molecular flexibility index (Phi) is 5.05. The molecule has 0 amide bonds. The second kappa shape index (κ2) is 6.36. The number of hydrogen-bond acceptors (Lipinski definition) is 3. The second-order valence-corrected chi connectivity index (χ2v) is 6.63. The van der Waals surface area contributed by atoms with Crippen LogP contribution in [0.4, 0.5) is 0 Å². The molecule has 106 valence electrons. The molecule has 2 heterocycles. The van der Waals surface area contributed by atoms with E-state index in [0.29, 0.717) is 6.04 Å². The first-order valence-electron chi connectivity index (χ1n) is 7.75. The third-order valence-corrected chi connectivity index (χ3v) is 5.13. The van der Waals surface area contributed by atoms with Gasteiger partial charge in [-0.15, -0.1) is 0 Å². The number of nitrogens with zero attached hydrogens (tertiary/aromatic N) is 2. The smallest absolute Gasteiger partial charge is 0.0223 e. The van der Waals surface area contributed by atoms with Gasteiger partial charge >= 0.3 is 0 Å². The van der Waals surface area contributed by atoms with Crippen molar-refractivity contribution in [1.82, 2.24) is 15.1 Å². The lowest BCUT2D eigenvalue weighted by Crippen LogP contribution is -2.41. The SMILES string of the molecule is CC(C)C(C)NCCN1CCC2CCC(C1)N2C. The Hall–Kier alpha value is -0.120. The lowest BCUT2D eigenvalue weighted by molar-refractivity contribution is 0.217. The van der Waals surface area contributed by atoms with Crippen molar-refractivity contribution in [1.29, 1.82) is 0 Å². The van der Waals surface area contributed by atoms with Gasteiger partial charge in [-0.3, -0.25) is 4.90 Å². The zero-order chi connectivity index (χ0) is 13.1. The highest BCUT2D eigenvalue weighted by atomic mass is 15.3. The molecule has 0 aromatic carbocycles.